The highest BCUT2D eigenvalue weighted by Gasteiger charge is 2.29. The third kappa shape index (κ3) is 2.78. The van der Waals surface area contributed by atoms with E-state index in [2.05, 4.69) is 29.2 Å². The molecular formula is C16H21ClN2O. The molecule has 0 aromatic heterocycles. The lowest BCUT2D eigenvalue weighted by molar-refractivity contribution is -0.117. The first-order valence-corrected chi connectivity index (χ1v) is 8.03. The maximum absolute atomic E-state index is 12.0. The van der Waals surface area contributed by atoms with Crippen molar-refractivity contribution in [2.75, 3.05) is 35.3 Å². The van der Waals surface area contributed by atoms with Gasteiger partial charge in [-0.2, -0.15) is 0 Å². The smallest absolute Gasteiger partial charge is 0.227 e. The number of alkyl halides is 1. The zero-order chi connectivity index (χ0) is 13.9. The van der Waals surface area contributed by atoms with Crippen LogP contribution in [0.4, 0.5) is 11.4 Å². The van der Waals surface area contributed by atoms with Gasteiger partial charge in [0, 0.05) is 43.3 Å². The highest BCUT2D eigenvalue weighted by Crippen LogP contribution is 2.28. The molecule has 108 valence electrons. The van der Waals surface area contributed by atoms with Crippen LogP contribution in [0.2, 0.25) is 0 Å². The molecule has 1 aromatic carbocycles. The Morgan fingerprint density at radius 1 is 1.05 bits per heavy atom. The van der Waals surface area contributed by atoms with Gasteiger partial charge in [-0.15, -0.1) is 11.6 Å². The summed E-state index contributed by atoms with van der Waals surface area (Å²) in [5.74, 6) is 1.06. The molecule has 4 heteroatoms. The van der Waals surface area contributed by atoms with Gasteiger partial charge in [-0.3, -0.25) is 4.79 Å². The number of nitrogens with zero attached hydrogens (tertiary/aromatic N) is 2. The molecule has 0 radical (unpaired) electrons. The summed E-state index contributed by atoms with van der Waals surface area (Å²) in [7, 11) is 0. The Bertz CT molecular complexity index is 468. The fourth-order valence-corrected chi connectivity index (χ4v) is 3.34. The number of rotatable bonds is 3. The van der Waals surface area contributed by atoms with Gasteiger partial charge in [0.2, 0.25) is 5.91 Å². The minimum atomic E-state index is 0.196. The van der Waals surface area contributed by atoms with Crippen molar-refractivity contribution >= 4 is 28.9 Å². The maximum Gasteiger partial charge on any atom is 0.227 e. The molecule has 0 aliphatic carbocycles. The van der Waals surface area contributed by atoms with Gasteiger partial charge in [0.15, 0.2) is 0 Å². The molecule has 1 unspecified atom stereocenters. The number of benzene rings is 1. The van der Waals surface area contributed by atoms with Gasteiger partial charge in [-0.1, -0.05) is 0 Å². The molecule has 0 N–H and O–H groups in total. The second-order valence-electron chi connectivity index (χ2n) is 5.79. The Hall–Kier alpha value is -1.22. The van der Waals surface area contributed by atoms with Crippen molar-refractivity contribution in [1.29, 1.82) is 0 Å². The number of carbonyl (C=O) groups excluding carboxylic acids is 1. The zero-order valence-corrected chi connectivity index (χ0v) is 12.5. The Kier molecular flexibility index (Phi) is 4.16. The van der Waals surface area contributed by atoms with E-state index in [0.717, 1.165) is 25.3 Å². The van der Waals surface area contributed by atoms with Gasteiger partial charge in [0.1, 0.15) is 0 Å². The van der Waals surface area contributed by atoms with E-state index in [1.807, 2.05) is 4.90 Å². The predicted octanol–water partition coefficient (Wildman–Crippen LogP) is 3.27. The Labute approximate surface area is 125 Å². The molecule has 0 saturated carbocycles. The maximum atomic E-state index is 12.0. The fourth-order valence-electron chi connectivity index (χ4n) is 3.13. The van der Waals surface area contributed by atoms with Crippen molar-refractivity contribution in [3.63, 3.8) is 0 Å². The molecule has 2 aliphatic heterocycles. The quantitative estimate of drug-likeness (QED) is 0.798. The molecule has 0 bridgehead atoms. The van der Waals surface area contributed by atoms with Gasteiger partial charge >= 0.3 is 0 Å². The number of halogens is 1. The van der Waals surface area contributed by atoms with Crippen molar-refractivity contribution in [1.82, 2.24) is 0 Å². The number of piperidine rings is 1. The van der Waals surface area contributed by atoms with Crippen molar-refractivity contribution in [2.24, 2.45) is 5.92 Å². The Morgan fingerprint density at radius 3 is 2.30 bits per heavy atom. The number of amides is 1. The van der Waals surface area contributed by atoms with Crippen LogP contribution in [0.5, 0.6) is 0 Å². The van der Waals surface area contributed by atoms with Crippen molar-refractivity contribution in [2.45, 2.75) is 25.7 Å². The normalized spacial score (nSPS) is 23.4. The van der Waals surface area contributed by atoms with Crippen LogP contribution < -0.4 is 9.80 Å². The van der Waals surface area contributed by atoms with E-state index in [1.165, 1.54) is 24.9 Å². The second kappa shape index (κ2) is 6.04. The highest BCUT2D eigenvalue weighted by molar-refractivity contribution is 6.18. The first-order chi connectivity index (χ1) is 9.78. The molecule has 2 aliphatic rings. The van der Waals surface area contributed by atoms with Crippen LogP contribution in [0.25, 0.3) is 0 Å². The summed E-state index contributed by atoms with van der Waals surface area (Å²) in [6, 6.07) is 8.42. The minimum Gasteiger partial charge on any atom is -0.372 e. The van der Waals surface area contributed by atoms with E-state index in [4.69, 9.17) is 11.6 Å². The second-order valence-corrected chi connectivity index (χ2v) is 6.10. The Morgan fingerprint density at radius 2 is 1.70 bits per heavy atom. The number of anilines is 2. The summed E-state index contributed by atoms with van der Waals surface area (Å²) in [6.45, 7) is 3.05. The zero-order valence-electron chi connectivity index (χ0n) is 11.7. The fraction of sp³-hybridized carbons (Fsp3) is 0.562. The molecule has 0 spiro atoms. The highest BCUT2D eigenvalue weighted by atomic mass is 35.5. The molecule has 1 atom stereocenters. The lowest BCUT2D eigenvalue weighted by atomic mass is 10.1. The SMILES string of the molecule is O=C1CC(CCl)CN1c1ccc(N2CCCCC2)cc1. The molecule has 20 heavy (non-hydrogen) atoms. The summed E-state index contributed by atoms with van der Waals surface area (Å²) in [6.07, 6.45) is 4.49. The van der Waals surface area contributed by atoms with E-state index in [1.54, 1.807) is 0 Å². The van der Waals surface area contributed by atoms with Crippen molar-refractivity contribution in [3.05, 3.63) is 24.3 Å². The van der Waals surface area contributed by atoms with E-state index in [9.17, 15) is 4.79 Å². The topological polar surface area (TPSA) is 23.6 Å². The average Bonchev–Trinajstić information content (AvgIpc) is 2.89. The van der Waals surface area contributed by atoms with Crippen LogP contribution >= 0.6 is 11.6 Å². The van der Waals surface area contributed by atoms with Gasteiger partial charge in [0.05, 0.1) is 0 Å². The predicted molar refractivity (Wildman–Crippen MR) is 83.7 cm³/mol. The lowest BCUT2D eigenvalue weighted by Crippen LogP contribution is -2.29. The van der Waals surface area contributed by atoms with Crippen molar-refractivity contribution < 1.29 is 4.79 Å². The van der Waals surface area contributed by atoms with Crippen LogP contribution in [0, 0.1) is 5.92 Å². The standard InChI is InChI=1S/C16H21ClN2O/c17-11-13-10-16(20)19(12-13)15-6-4-14(5-7-15)18-8-2-1-3-9-18/h4-7,13H,1-3,8-12H2. The van der Waals surface area contributed by atoms with Crippen LogP contribution in [0.15, 0.2) is 24.3 Å². The third-order valence-corrected chi connectivity index (χ3v) is 4.74. The number of hydrogen-bond donors (Lipinski definition) is 0. The first kappa shape index (κ1) is 13.7. The van der Waals surface area contributed by atoms with E-state index < -0.39 is 0 Å². The van der Waals surface area contributed by atoms with E-state index in [0.29, 0.717) is 18.2 Å². The first-order valence-electron chi connectivity index (χ1n) is 7.49. The van der Waals surface area contributed by atoms with Crippen LogP contribution in [-0.2, 0) is 4.79 Å². The molecule has 3 rings (SSSR count). The molecule has 2 fully saturated rings. The van der Waals surface area contributed by atoms with Gasteiger partial charge < -0.3 is 9.80 Å². The summed E-state index contributed by atoms with van der Waals surface area (Å²) in [5, 5.41) is 0. The summed E-state index contributed by atoms with van der Waals surface area (Å²) in [4.78, 5) is 16.3. The Balaban J connectivity index is 1.71. The van der Waals surface area contributed by atoms with Crippen molar-refractivity contribution in [3.8, 4) is 0 Å². The van der Waals surface area contributed by atoms with E-state index >= 15 is 0 Å². The third-order valence-electron chi connectivity index (χ3n) is 4.31. The monoisotopic (exact) mass is 292 g/mol. The molecule has 2 heterocycles. The largest absolute Gasteiger partial charge is 0.372 e. The summed E-state index contributed by atoms with van der Waals surface area (Å²) < 4.78 is 0. The molecule has 2 saturated heterocycles. The molecule has 3 nitrogen and oxygen atoms in total. The average molecular weight is 293 g/mol. The number of carbonyl (C=O) groups is 1. The molecular weight excluding hydrogens is 272 g/mol. The van der Waals surface area contributed by atoms with Crippen LogP contribution in [0.3, 0.4) is 0 Å². The van der Waals surface area contributed by atoms with Crippen LogP contribution in [0.1, 0.15) is 25.7 Å². The number of hydrogen-bond acceptors (Lipinski definition) is 2. The summed E-state index contributed by atoms with van der Waals surface area (Å²) >= 11 is 5.87. The van der Waals surface area contributed by atoms with Crippen LogP contribution in [-0.4, -0.2) is 31.4 Å². The van der Waals surface area contributed by atoms with Gasteiger partial charge in [-0.05, 0) is 49.4 Å². The van der Waals surface area contributed by atoms with Gasteiger partial charge in [0.25, 0.3) is 0 Å². The molecule has 1 aromatic rings. The summed E-state index contributed by atoms with van der Waals surface area (Å²) in [5.41, 5.74) is 2.28. The van der Waals surface area contributed by atoms with E-state index in [-0.39, 0.29) is 5.91 Å². The minimum absolute atomic E-state index is 0.196. The lowest BCUT2D eigenvalue weighted by Gasteiger charge is -2.29. The van der Waals surface area contributed by atoms with Gasteiger partial charge in [-0.25, -0.2) is 0 Å². The molecule has 1 amide bonds.